The monoisotopic (exact) mass is 221 g/mol. The van der Waals surface area contributed by atoms with E-state index in [1.54, 1.807) is 0 Å². The average molecular weight is 221 g/mol. The molecule has 0 unspecified atom stereocenters. The molecule has 0 heterocycles. The van der Waals surface area contributed by atoms with Crippen molar-refractivity contribution in [1.29, 1.82) is 0 Å². The molecule has 16 heavy (non-hydrogen) atoms. The molecule has 2 amide bonds. The summed E-state index contributed by atoms with van der Waals surface area (Å²) in [5.74, 6) is -1.29. The van der Waals surface area contributed by atoms with Gasteiger partial charge in [-0.1, -0.05) is 30.3 Å². The molecule has 0 bridgehead atoms. The molecule has 0 aromatic heterocycles. The first-order valence-corrected chi connectivity index (χ1v) is 5.04. The van der Waals surface area contributed by atoms with E-state index < -0.39 is 11.8 Å². The quantitative estimate of drug-likeness (QED) is 0.592. The van der Waals surface area contributed by atoms with Gasteiger partial charge < -0.3 is 16.4 Å². The maximum absolute atomic E-state index is 11.3. The van der Waals surface area contributed by atoms with Gasteiger partial charge in [0, 0.05) is 19.6 Å². The lowest BCUT2D eigenvalue weighted by atomic mass is 10.2. The lowest BCUT2D eigenvalue weighted by Crippen LogP contribution is -2.41. The molecule has 0 spiro atoms. The molecule has 0 radical (unpaired) electrons. The molecule has 0 fully saturated rings. The van der Waals surface area contributed by atoms with E-state index in [0.717, 1.165) is 5.56 Å². The predicted molar refractivity (Wildman–Crippen MR) is 60.4 cm³/mol. The average Bonchev–Trinajstić information content (AvgIpc) is 2.34. The number of carbonyl (C=O) groups is 2. The van der Waals surface area contributed by atoms with Gasteiger partial charge in [-0.3, -0.25) is 9.59 Å². The summed E-state index contributed by atoms with van der Waals surface area (Å²) >= 11 is 0. The van der Waals surface area contributed by atoms with Crippen LogP contribution in [0.25, 0.3) is 0 Å². The molecule has 5 heteroatoms. The Morgan fingerprint density at radius 1 is 1.06 bits per heavy atom. The summed E-state index contributed by atoms with van der Waals surface area (Å²) in [6.07, 6.45) is 0. The van der Waals surface area contributed by atoms with E-state index in [1.807, 2.05) is 30.3 Å². The minimum Gasteiger partial charge on any atom is -0.347 e. The van der Waals surface area contributed by atoms with Gasteiger partial charge in [-0.15, -0.1) is 0 Å². The maximum atomic E-state index is 11.3. The van der Waals surface area contributed by atoms with Crippen molar-refractivity contribution >= 4 is 11.8 Å². The largest absolute Gasteiger partial charge is 0.347 e. The number of hydrogen-bond acceptors (Lipinski definition) is 3. The highest BCUT2D eigenvalue weighted by Gasteiger charge is 2.11. The van der Waals surface area contributed by atoms with Crippen LogP contribution in [-0.2, 0) is 16.1 Å². The van der Waals surface area contributed by atoms with Crippen LogP contribution < -0.4 is 16.4 Å². The number of nitrogens with two attached hydrogens (primary N) is 1. The van der Waals surface area contributed by atoms with Gasteiger partial charge in [0.2, 0.25) is 0 Å². The fraction of sp³-hybridized carbons (Fsp3) is 0.273. The first kappa shape index (κ1) is 12.2. The van der Waals surface area contributed by atoms with Crippen molar-refractivity contribution in [3.05, 3.63) is 35.9 Å². The topological polar surface area (TPSA) is 84.2 Å². The summed E-state index contributed by atoms with van der Waals surface area (Å²) in [6, 6.07) is 9.38. The van der Waals surface area contributed by atoms with Crippen molar-refractivity contribution in [1.82, 2.24) is 10.6 Å². The molecule has 0 aliphatic heterocycles. The molecule has 4 N–H and O–H groups in total. The highest BCUT2D eigenvalue weighted by Crippen LogP contribution is 1.96. The number of carbonyl (C=O) groups excluding carboxylic acids is 2. The third kappa shape index (κ3) is 4.10. The van der Waals surface area contributed by atoms with Gasteiger partial charge in [0.1, 0.15) is 0 Å². The van der Waals surface area contributed by atoms with Crippen LogP contribution in [0.4, 0.5) is 0 Å². The number of hydrogen-bond donors (Lipinski definition) is 3. The van der Waals surface area contributed by atoms with Crippen LogP contribution in [-0.4, -0.2) is 24.9 Å². The van der Waals surface area contributed by atoms with Crippen LogP contribution in [0.5, 0.6) is 0 Å². The van der Waals surface area contributed by atoms with Gasteiger partial charge in [0.15, 0.2) is 0 Å². The van der Waals surface area contributed by atoms with Crippen LogP contribution in [0, 0.1) is 0 Å². The van der Waals surface area contributed by atoms with E-state index in [1.165, 1.54) is 0 Å². The van der Waals surface area contributed by atoms with Crippen molar-refractivity contribution in [3.8, 4) is 0 Å². The second kappa shape index (κ2) is 6.58. The fourth-order valence-corrected chi connectivity index (χ4v) is 1.12. The van der Waals surface area contributed by atoms with Crippen LogP contribution in [0.1, 0.15) is 5.56 Å². The SMILES string of the molecule is NCCNC(=O)C(=O)NCc1ccccc1. The Morgan fingerprint density at radius 2 is 1.69 bits per heavy atom. The fourth-order valence-electron chi connectivity index (χ4n) is 1.12. The smallest absolute Gasteiger partial charge is 0.309 e. The number of rotatable bonds is 4. The van der Waals surface area contributed by atoms with Gasteiger partial charge in [-0.25, -0.2) is 0 Å². The molecule has 0 aliphatic rings. The second-order valence-corrected chi connectivity index (χ2v) is 3.21. The number of benzene rings is 1. The zero-order valence-electron chi connectivity index (χ0n) is 8.90. The predicted octanol–water partition coefficient (Wildman–Crippen LogP) is -0.622. The molecule has 1 aromatic rings. The van der Waals surface area contributed by atoms with E-state index in [9.17, 15) is 9.59 Å². The molecule has 0 saturated heterocycles. The summed E-state index contributed by atoms with van der Waals surface area (Å²) in [7, 11) is 0. The van der Waals surface area contributed by atoms with Gasteiger partial charge in [-0.2, -0.15) is 0 Å². The highest BCUT2D eigenvalue weighted by atomic mass is 16.2. The summed E-state index contributed by atoms with van der Waals surface area (Å²) in [4.78, 5) is 22.4. The van der Waals surface area contributed by atoms with E-state index in [2.05, 4.69) is 10.6 Å². The van der Waals surface area contributed by atoms with Crippen LogP contribution in [0.15, 0.2) is 30.3 Å². The van der Waals surface area contributed by atoms with Crippen molar-refractivity contribution in [2.75, 3.05) is 13.1 Å². The zero-order chi connectivity index (χ0) is 11.8. The maximum Gasteiger partial charge on any atom is 0.309 e. The summed E-state index contributed by atoms with van der Waals surface area (Å²) in [6.45, 7) is 0.963. The molecule has 0 aliphatic carbocycles. The molecule has 1 aromatic carbocycles. The minimum absolute atomic E-state index is 0.303. The molecule has 0 atom stereocenters. The van der Waals surface area contributed by atoms with E-state index >= 15 is 0 Å². The van der Waals surface area contributed by atoms with Crippen molar-refractivity contribution in [3.63, 3.8) is 0 Å². The van der Waals surface area contributed by atoms with Crippen LogP contribution in [0.3, 0.4) is 0 Å². The highest BCUT2D eigenvalue weighted by molar-refractivity contribution is 6.35. The standard InChI is InChI=1S/C11H15N3O2/c12-6-7-13-10(15)11(16)14-8-9-4-2-1-3-5-9/h1-5H,6-8,12H2,(H,13,15)(H,14,16). The second-order valence-electron chi connectivity index (χ2n) is 3.21. The summed E-state index contributed by atoms with van der Waals surface area (Å²) in [5, 5.41) is 4.91. The molecular weight excluding hydrogens is 206 g/mol. The van der Waals surface area contributed by atoms with Crippen LogP contribution in [0.2, 0.25) is 0 Å². The third-order valence-electron chi connectivity index (χ3n) is 1.93. The normalized spacial score (nSPS) is 9.56. The first-order chi connectivity index (χ1) is 7.74. The molecule has 5 nitrogen and oxygen atoms in total. The van der Waals surface area contributed by atoms with Gasteiger partial charge in [0.05, 0.1) is 0 Å². The Morgan fingerprint density at radius 3 is 2.31 bits per heavy atom. The van der Waals surface area contributed by atoms with Crippen molar-refractivity contribution < 1.29 is 9.59 Å². The van der Waals surface area contributed by atoms with E-state index in [4.69, 9.17) is 5.73 Å². The Labute approximate surface area is 94.0 Å². The number of nitrogens with one attached hydrogen (secondary N) is 2. The molecule has 0 saturated carbocycles. The first-order valence-electron chi connectivity index (χ1n) is 5.04. The molecular formula is C11H15N3O2. The third-order valence-corrected chi connectivity index (χ3v) is 1.93. The minimum atomic E-state index is -0.651. The lowest BCUT2D eigenvalue weighted by Gasteiger charge is -2.05. The van der Waals surface area contributed by atoms with Gasteiger partial charge in [0.25, 0.3) is 0 Å². The summed E-state index contributed by atoms with van der Waals surface area (Å²) in [5.41, 5.74) is 6.14. The lowest BCUT2D eigenvalue weighted by molar-refractivity contribution is -0.139. The molecule has 86 valence electrons. The van der Waals surface area contributed by atoms with Gasteiger partial charge >= 0.3 is 11.8 Å². The summed E-state index contributed by atoms with van der Waals surface area (Å²) < 4.78 is 0. The van der Waals surface area contributed by atoms with Crippen molar-refractivity contribution in [2.24, 2.45) is 5.73 Å². The Kier molecular flexibility index (Phi) is 5.01. The zero-order valence-corrected chi connectivity index (χ0v) is 8.90. The van der Waals surface area contributed by atoms with E-state index in [-0.39, 0.29) is 0 Å². The molecule has 1 rings (SSSR count). The number of amides is 2. The van der Waals surface area contributed by atoms with Crippen LogP contribution >= 0.6 is 0 Å². The van der Waals surface area contributed by atoms with Gasteiger partial charge in [-0.05, 0) is 5.56 Å². The Balaban J connectivity index is 2.32. The van der Waals surface area contributed by atoms with Crippen molar-refractivity contribution in [2.45, 2.75) is 6.54 Å². The Bertz CT molecular complexity index is 352. The Hall–Kier alpha value is -1.88. The van der Waals surface area contributed by atoms with E-state index in [0.29, 0.717) is 19.6 Å².